The lowest BCUT2D eigenvalue weighted by atomic mass is 9.91. The summed E-state index contributed by atoms with van der Waals surface area (Å²) in [7, 11) is 0. The third kappa shape index (κ3) is 2.35. The molecule has 0 radical (unpaired) electrons. The molecule has 1 heterocycles. The maximum Gasteiger partial charge on any atom is 0.0727 e. The van der Waals surface area contributed by atoms with E-state index < -0.39 is 0 Å². The van der Waals surface area contributed by atoms with Crippen LogP contribution in [0.3, 0.4) is 0 Å². The van der Waals surface area contributed by atoms with Gasteiger partial charge in [-0.3, -0.25) is 10.8 Å². The van der Waals surface area contributed by atoms with Crippen LogP contribution < -0.4 is 11.3 Å². The Morgan fingerprint density at radius 1 is 1.24 bits per heavy atom. The molecule has 2 rings (SSSR count). The molecule has 3 nitrogen and oxygen atoms in total. The van der Waals surface area contributed by atoms with Crippen LogP contribution in [0.5, 0.6) is 0 Å². The second-order valence-corrected chi connectivity index (χ2v) is 5.55. The normalized spacial score (nSPS) is 11.8. The minimum atomic E-state index is -0.0145. The summed E-state index contributed by atoms with van der Waals surface area (Å²) < 4.78 is 0. The van der Waals surface area contributed by atoms with Crippen molar-refractivity contribution in [1.29, 1.82) is 0 Å². The molecular weight excluding hydrogens is 234 g/mol. The lowest BCUT2D eigenvalue weighted by Gasteiger charge is -2.19. The second kappa shape index (κ2) is 4.17. The molecule has 2 aromatic rings. The Hall–Kier alpha value is -1.32. The summed E-state index contributed by atoms with van der Waals surface area (Å²) in [5.74, 6) is 5.56. The Balaban J connectivity index is 2.75. The molecule has 4 heteroatoms. The molecule has 0 bridgehead atoms. The van der Waals surface area contributed by atoms with Gasteiger partial charge in [-0.05, 0) is 24.3 Å². The van der Waals surface area contributed by atoms with E-state index in [1.165, 1.54) is 0 Å². The quantitative estimate of drug-likeness (QED) is 0.601. The summed E-state index contributed by atoms with van der Waals surface area (Å²) >= 11 is 5.98. The molecule has 0 fully saturated rings. The third-order valence-corrected chi connectivity index (χ3v) is 2.93. The van der Waals surface area contributed by atoms with Crippen LogP contribution in [0.1, 0.15) is 26.5 Å². The van der Waals surface area contributed by atoms with E-state index in [0.29, 0.717) is 5.02 Å². The van der Waals surface area contributed by atoms with E-state index in [1.54, 1.807) is 0 Å². The number of aromatic nitrogens is 1. The van der Waals surface area contributed by atoms with Gasteiger partial charge in [-0.15, -0.1) is 0 Å². The number of halogens is 1. The smallest absolute Gasteiger partial charge is 0.0727 e. The topological polar surface area (TPSA) is 50.9 Å². The number of fused-ring (bicyclic) bond motifs is 1. The number of rotatable bonds is 1. The first-order valence-corrected chi connectivity index (χ1v) is 5.87. The predicted octanol–water partition coefficient (Wildman–Crippen LogP) is 3.47. The highest BCUT2D eigenvalue weighted by molar-refractivity contribution is 6.31. The van der Waals surface area contributed by atoms with Crippen LogP contribution in [-0.4, -0.2) is 4.98 Å². The monoisotopic (exact) mass is 249 g/mol. The highest BCUT2D eigenvalue weighted by Gasteiger charge is 2.17. The van der Waals surface area contributed by atoms with Crippen LogP contribution in [0.15, 0.2) is 24.3 Å². The average Bonchev–Trinajstić information content (AvgIpc) is 2.26. The van der Waals surface area contributed by atoms with Crippen molar-refractivity contribution in [2.45, 2.75) is 26.2 Å². The van der Waals surface area contributed by atoms with E-state index in [4.69, 9.17) is 17.4 Å². The fraction of sp³-hybridized carbons (Fsp3) is 0.308. The zero-order valence-electron chi connectivity index (χ0n) is 10.2. The Labute approximate surface area is 106 Å². The zero-order valence-corrected chi connectivity index (χ0v) is 11.0. The van der Waals surface area contributed by atoms with Crippen molar-refractivity contribution in [2.24, 2.45) is 5.84 Å². The van der Waals surface area contributed by atoms with Gasteiger partial charge >= 0.3 is 0 Å². The number of pyridine rings is 1. The third-order valence-electron chi connectivity index (χ3n) is 2.69. The number of nitrogens with two attached hydrogens (primary N) is 1. The van der Waals surface area contributed by atoms with Crippen LogP contribution in [0.4, 0.5) is 5.69 Å². The molecule has 0 aliphatic carbocycles. The molecule has 0 amide bonds. The molecule has 0 saturated heterocycles. The van der Waals surface area contributed by atoms with Crippen molar-refractivity contribution >= 4 is 28.2 Å². The summed E-state index contributed by atoms with van der Waals surface area (Å²) in [6.07, 6.45) is 0. The van der Waals surface area contributed by atoms with Gasteiger partial charge in [-0.1, -0.05) is 32.4 Å². The number of hydrazine groups is 1. The van der Waals surface area contributed by atoms with Gasteiger partial charge in [0.25, 0.3) is 0 Å². The van der Waals surface area contributed by atoms with E-state index in [2.05, 4.69) is 31.2 Å². The molecule has 1 aromatic heterocycles. The molecule has 0 aliphatic rings. The van der Waals surface area contributed by atoms with Crippen LogP contribution in [0.2, 0.25) is 5.02 Å². The summed E-state index contributed by atoms with van der Waals surface area (Å²) in [4.78, 5) is 4.64. The van der Waals surface area contributed by atoms with Crippen molar-refractivity contribution < 1.29 is 0 Å². The van der Waals surface area contributed by atoms with Gasteiger partial charge in [0.05, 0.1) is 11.2 Å². The number of anilines is 1. The van der Waals surface area contributed by atoms with Gasteiger partial charge in [0.15, 0.2) is 0 Å². The number of nitrogen functional groups attached to an aromatic ring is 1. The molecule has 3 N–H and O–H groups in total. The van der Waals surface area contributed by atoms with Gasteiger partial charge in [0.1, 0.15) is 0 Å². The largest absolute Gasteiger partial charge is 0.323 e. The summed E-state index contributed by atoms with van der Waals surface area (Å²) in [5.41, 5.74) is 5.44. The first-order chi connectivity index (χ1) is 7.91. The fourth-order valence-electron chi connectivity index (χ4n) is 1.70. The lowest BCUT2D eigenvalue weighted by Crippen LogP contribution is -2.15. The van der Waals surface area contributed by atoms with Crippen molar-refractivity contribution in [3.05, 3.63) is 35.0 Å². The standard InChI is InChI=1S/C13H16ClN3/c1-13(2,3)12-7-11(17-15)9-6-8(14)4-5-10(9)16-12/h4-7H,15H2,1-3H3,(H,16,17). The molecule has 17 heavy (non-hydrogen) atoms. The number of benzene rings is 1. The number of hydrogen-bond donors (Lipinski definition) is 2. The fourth-order valence-corrected chi connectivity index (χ4v) is 1.87. The average molecular weight is 250 g/mol. The van der Waals surface area contributed by atoms with Crippen molar-refractivity contribution in [1.82, 2.24) is 4.98 Å². The van der Waals surface area contributed by atoms with Crippen molar-refractivity contribution in [3.63, 3.8) is 0 Å². The van der Waals surface area contributed by atoms with Gasteiger partial charge in [0.2, 0.25) is 0 Å². The summed E-state index contributed by atoms with van der Waals surface area (Å²) in [6.45, 7) is 6.37. The Kier molecular flexibility index (Phi) is 2.98. The van der Waals surface area contributed by atoms with Gasteiger partial charge in [-0.2, -0.15) is 0 Å². The molecule has 1 aromatic carbocycles. The Morgan fingerprint density at radius 2 is 1.94 bits per heavy atom. The van der Waals surface area contributed by atoms with Gasteiger partial charge in [-0.25, -0.2) is 0 Å². The van der Waals surface area contributed by atoms with Crippen molar-refractivity contribution in [2.75, 3.05) is 5.43 Å². The molecular formula is C13H16ClN3. The predicted molar refractivity (Wildman–Crippen MR) is 73.3 cm³/mol. The van der Waals surface area contributed by atoms with Crippen LogP contribution >= 0.6 is 11.6 Å². The van der Waals surface area contributed by atoms with E-state index in [0.717, 1.165) is 22.3 Å². The van der Waals surface area contributed by atoms with E-state index in [-0.39, 0.29) is 5.41 Å². The van der Waals surface area contributed by atoms with Crippen LogP contribution in [-0.2, 0) is 5.41 Å². The van der Waals surface area contributed by atoms with Gasteiger partial charge in [0, 0.05) is 21.5 Å². The van der Waals surface area contributed by atoms with Crippen LogP contribution in [0.25, 0.3) is 10.9 Å². The van der Waals surface area contributed by atoms with E-state index in [9.17, 15) is 0 Å². The molecule has 0 spiro atoms. The van der Waals surface area contributed by atoms with Crippen LogP contribution in [0, 0.1) is 0 Å². The first-order valence-electron chi connectivity index (χ1n) is 5.49. The molecule has 0 aliphatic heterocycles. The molecule has 0 atom stereocenters. The second-order valence-electron chi connectivity index (χ2n) is 5.11. The van der Waals surface area contributed by atoms with Crippen molar-refractivity contribution in [3.8, 4) is 0 Å². The Bertz CT molecular complexity index is 558. The summed E-state index contributed by atoms with van der Waals surface area (Å²) in [5, 5.41) is 1.62. The first kappa shape index (κ1) is 12.1. The van der Waals surface area contributed by atoms with E-state index >= 15 is 0 Å². The molecule has 0 saturated carbocycles. The number of hydrogen-bond acceptors (Lipinski definition) is 3. The SMILES string of the molecule is CC(C)(C)c1cc(NN)c2cc(Cl)ccc2n1. The molecule has 90 valence electrons. The Morgan fingerprint density at radius 3 is 2.53 bits per heavy atom. The maximum absolute atomic E-state index is 5.98. The highest BCUT2D eigenvalue weighted by Crippen LogP contribution is 2.30. The van der Waals surface area contributed by atoms with E-state index in [1.807, 2.05) is 24.3 Å². The minimum absolute atomic E-state index is 0.0145. The summed E-state index contributed by atoms with van der Waals surface area (Å²) in [6, 6.07) is 7.58. The number of nitrogens with zero attached hydrogens (tertiary/aromatic N) is 1. The lowest BCUT2D eigenvalue weighted by molar-refractivity contribution is 0.572. The minimum Gasteiger partial charge on any atom is -0.323 e. The zero-order chi connectivity index (χ0) is 12.6. The maximum atomic E-state index is 5.98. The van der Waals surface area contributed by atoms with Gasteiger partial charge < -0.3 is 5.43 Å². The number of nitrogens with one attached hydrogen (secondary N) is 1. The molecule has 0 unspecified atom stereocenters. The highest BCUT2D eigenvalue weighted by atomic mass is 35.5.